The molecule has 3 aromatic rings. The molecule has 0 bridgehead atoms. The largest absolute Gasteiger partial charge is 0.490 e. The molecule has 7 nitrogen and oxygen atoms in total. The Morgan fingerprint density at radius 3 is 2.45 bits per heavy atom. The lowest BCUT2D eigenvalue weighted by molar-refractivity contribution is 0.120. The minimum absolute atomic E-state index is 0.0731. The summed E-state index contributed by atoms with van der Waals surface area (Å²) < 4.78 is 31.4. The Morgan fingerprint density at radius 1 is 1.06 bits per heavy atom. The molecule has 2 aliphatic heterocycles. The molecule has 5 rings (SSSR count). The Balaban J connectivity index is 1.63. The van der Waals surface area contributed by atoms with Crippen LogP contribution in [0.1, 0.15) is 25.0 Å². The maximum absolute atomic E-state index is 13.9. The first-order chi connectivity index (χ1) is 14.8. The molecule has 0 aliphatic carbocycles. The van der Waals surface area contributed by atoms with Crippen LogP contribution in [0.4, 0.5) is 4.39 Å². The molecule has 31 heavy (non-hydrogen) atoms. The number of benzene rings is 2. The summed E-state index contributed by atoms with van der Waals surface area (Å²) in [6.45, 7) is 3.08. The van der Waals surface area contributed by atoms with Crippen molar-refractivity contribution in [2.45, 2.75) is 25.1 Å². The summed E-state index contributed by atoms with van der Waals surface area (Å²) in [4.78, 5) is 12.9. The third kappa shape index (κ3) is 3.43. The van der Waals surface area contributed by atoms with Crippen molar-refractivity contribution in [2.24, 2.45) is 10.7 Å². The Hall–Kier alpha value is -3.68. The van der Waals surface area contributed by atoms with E-state index in [2.05, 4.69) is 15.0 Å². The molecule has 0 unspecified atom stereocenters. The lowest BCUT2D eigenvalue weighted by Gasteiger charge is -2.34. The first-order valence-corrected chi connectivity index (χ1v) is 9.86. The molecular weight excluding hydrogens is 399 g/mol. The number of halogens is 1. The van der Waals surface area contributed by atoms with E-state index in [9.17, 15) is 4.39 Å². The number of nitrogens with two attached hydrogens (primary N) is 1. The van der Waals surface area contributed by atoms with Gasteiger partial charge in [0.15, 0.2) is 5.54 Å². The number of alkyl halides is 1. The third-order valence-electron chi connectivity index (χ3n) is 5.25. The second-order valence-corrected chi connectivity index (χ2v) is 8.20. The highest BCUT2D eigenvalue weighted by atomic mass is 19.1. The highest BCUT2D eigenvalue weighted by Gasteiger charge is 2.47. The Morgan fingerprint density at radius 2 is 1.77 bits per heavy atom. The number of rotatable bonds is 4. The van der Waals surface area contributed by atoms with E-state index in [0.29, 0.717) is 17.2 Å². The van der Waals surface area contributed by atoms with E-state index in [4.69, 9.17) is 19.9 Å². The molecule has 1 aromatic heterocycles. The van der Waals surface area contributed by atoms with Crippen molar-refractivity contribution in [3.8, 4) is 28.4 Å². The van der Waals surface area contributed by atoms with Crippen molar-refractivity contribution in [2.75, 3.05) is 13.2 Å². The van der Waals surface area contributed by atoms with Crippen LogP contribution in [0.3, 0.4) is 0 Å². The van der Waals surface area contributed by atoms with E-state index in [1.165, 1.54) is 20.2 Å². The molecule has 0 amide bonds. The molecular formula is C23H21FN4O3. The van der Waals surface area contributed by atoms with Crippen LogP contribution in [-0.2, 0) is 10.3 Å². The van der Waals surface area contributed by atoms with Gasteiger partial charge < -0.3 is 19.9 Å². The Labute approximate surface area is 178 Å². The zero-order valence-corrected chi connectivity index (χ0v) is 17.1. The molecule has 1 atom stereocenters. The predicted molar refractivity (Wildman–Crippen MR) is 113 cm³/mol. The van der Waals surface area contributed by atoms with Gasteiger partial charge in [0.1, 0.15) is 42.5 Å². The lowest BCUT2D eigenvalue weighted by atomic mass is 9.80. The van der Waals surface area contributed by atoms with Crippen molar-refractivity contribution in [1.82, 2.24) is 9.97 Å². The van der Waals surface area contributed by atoms with Crippen LogP contribution in [-0.4, -0.2) is 34.9 Å². The quantitative estimate of drug-likeness (QED) is 0.687. The van der Waals surface area contributed by atoms with Gasteiger partial charge in [-0.05, 0) is 49.7 Å². The molecule has 2 aromatic carbocycles. The van der Waals surface area contributed by atoms with Gasteiger partial charge >= 0.3 is 0 Å². The van der Waals surface area contributed by atoms with Crippen molar-refractivity contribution in [3.05, 3.63) is 66.2 Å². The van der Waals surface area contributed by atoms with Crippen molar-refractivity contribution >= 4 is 6.02 Å². The average Bonchev–Trinajstić information content (AvgIpc) is 3.15. The van der Waals surface area contributed by atoms with E-state index < -0.39 is 11.2 Å². The van der Waals surface area contributed by atoms with E-state index in [1.807, 2.05) is 24.3 Å². The van der Waals surface area contributed by atoms with Crippen LogP contribution >= 0.6 is 0 Å². The molecule has 0 fully saturated rings. The predicted octanol–water partition coefficient (Wildman–Crippen LogP) is 3.96. The molecule has 8 heteroatoms. The number of hydrogen-bond acceptors (Lipinski definition) is 7. The molecule has 0 saturated carbocycles. The molecule has 0 radical (unpaired) electrons. The molecule has 158 valence electrons. The fourth-order valence-corrected chi connectivity index (χ4v) is 3.81. The van der Waals surface area contributed by atoms with Crippen LogP contribution in [0.15, 0.2) is 60.1 Å². The van der Waals surface area contributed by atoms with Crippen molar-refractivity contribution in [3.63, 3.8) is 0 Å². The van der Waals surface area contributed by atoms with Gasteiger partial charge in [0.05, 0.1) is 0 Å². The first kappa shape index (κ1) is 19.3. The summed E-state index contributed by atoms with van der Waals surface area (Å²) in [6.07, 6.45) is 4.97. The normalized spacial score (nSPS) is 19.1. The zero-order chi connectivity index (χ0) is 21.6. The van der Waals surface area contributed by atoms with Gasteiger partial charge in [0, 0.05) is 29.1 Å². The van der Waals surface area contributed by atoms with E-state index >= 15 is 0 Å². The topological polar surface area (TPSA) is 91.9 Å². The fourth-order valence-electron chi connectivity index (χ4n) is 3.81. The smallest absolute Gasteiger partial charge is 0.283 e. The summed E-state index contributed by atoms with van der Waals surface area (Å²) in [7, 11) is 0. The molecule has 2 N–H and O–H groups in total. The van der Waals surface area contributed by atoms with E-state index in [1.54, 1.807) is 24.5 Å². The number of aromatic nitrogens is 2. The zero-order valence-electron chi connectivity index (χ0n) is 17.1. The standard InChI is InChI=1S/C23H21FN4O3/c1-22(2,24)11-29-16-4-6-20-18(8-16)23(12-30-21(25)28-23)17-7-14(3-5-19(17)31-20)15-9-26-13-27-10-15/h3-10,13H,11-12H2,1-2H3,(H2,25,28)/t23-/m0/s1. The van der Waals surface area contributed by atoms with Crippen LogP contribution in [0, 0.1) is 0 Å². The lowest BCUT2D eigenvalue weighted by Crippen LogP contribution is -2.31. The number of hydrogen-bond donors (Lipinski definition) is 1. The monoisotopic (exact) mass is 420 g/mol. The van der Waals surface area contributed by atoms with Gasteiger partial charge in [-0.1, -0.05) is 6.07 Å². The minimum Gasteiger partial charge on any atom is -0.490 e. The third-order valence-corrected chi connectivity index (χ3v) is 5.25. The number of fused-ring (bicyclic) bond motifs is 4. The second kappa shape index (κ2) is 6.94. The molecule has 2 aliphatic rings. The Kier molecular flexibility index (Phi) is 4.32. The average molecular weight is 420 g/mol. The summed E-state index contributed by atoms with van der Waals surface area (Å²) in [5.74, 6) is 1.80. The van der Waals surface area contributed by atoms with Gasteiger partial charge in [0.25, 0.3) is 6.02 Å². The van der Waals surface area contributed by atoms with Gasteiger partial charge in [-0.3, -0.25) is 0 Å². The maximum Gasteiger partial charge on any atom is 0.283 e. The van der Waals surface area contributed by atoms with Gasteiger partial charge in [-0.2, -0.15) is 0 Å². The fraction of sp³-hybridized carbons (Fsp3) is 0.261. The van der Waals surface area contributed by atoms with E-state index in [0.717, 1.165) is 22.3 Å². The molecule has 1 spiro atoms. The van der Waals surface area contributed by atoms with Gasteiger partial charge in [-0.15, -0.1) is 0 Å². The summed E-state index contributed by atoms with van der Waals surface area (Å²) in [6, 6.07) is 11.3. The van der Waals surface area contributed by atoms with Crippen LogP contribution < -0.4 is 15.2 Å². The van der Waals surface area contributed by atoms with Crippen molar-refractivity contribution < 1.29 is 18.6 Å². The highest BCUT2D eigenvalue weighted by Crippen LogP contribution is 2.52. The van der Waals surface area contributed by atoms with Crippen LogP contribution in [0.5, 0.6) is 17.2 Å². The molecule has 0 saturated heterocycles. The van der Waals surface area contributed by atoms with Crippen LogP contribution in [0.25, 0.3) is 11.1 Å². The number of aliphatic imine (C=N–C) groups is 1. The first-order valence-electron chi connectivity index (χ1n) is 9.86. The Bertz CT molecular complexity index is 1180. The number of ether oxygens (including phenoxy) is 3. The maximum atomic E-state index is 13.9. The minimum atomic E-state index is -1.46. The van der Waals surface area contributed by atoms with E-state index in [-0.39, 0.29) is 19.2 Å². The van der Waals surface area contributed by atoms with Crippen molar-refractivity contribution in [1.29, 1.82) is 0 Å². The summed E-state index contributed by atoms with van der Waals surface area (Å²) >= 11 is 0. The molecule has 3 heterocycles. The second-order valence-electron chi connectivity index (χ2n) is 8.20. The van der Waals surface area contributed by atoms with Gasteiger partial charge in [-0.25, -0.2) is 19.4 Å². The SMILES string of the molecule is CC(C)(F)COc1ccc2c(c1)[C@]1(COC(N)=N1)c1cc(-c3cncnc3)ccc1O2. The highest BCUT2D eigenvalue weighted by molar-refractivity contribution is 5.78. The number of amidine groups is 1. The summed E-state index contributed by atoms with van der Waals surface area (Å²) in [5, 5.41) is 0. The summed E-state index contributed by atoms with van der Waals surface area (Å²) in [5.41, 5.74) is 6.92. The van der Waals surface area contributed by atoms with Gasteiger partial charge in [0.2, 0.25) is 0 Å². The number of nitrogens with zero attached hydrogens (tertiary/aromatic N) is 3. The van der Waals surface area contributed by atoms with Crippen LogP contribution in [0.2, 0.25) is 0 Å².